The third-order valence-electron chi connectivity index (χ3n) is 2.82. The summed E-state index contributed by atoms with van der Waals surface area (Å²) in [6, 6.07) is 7.29. The van der Waals surface area contributed by atoms with Crippen molar-refractivity contribution in [3.8, 4) is 5.75 Å². The molecular formula is C15H15NO2. The summed E-state index contributed by atoms with van der Waals surface area (Å²) in [5.74, 6) is 0.748. The van der Waals surface area contributed by atoms with Gasteiger partial charge in [0.25, 0.3) is 0 Å². The number of ether oxygens (including phenoxy) is 1. The lowest BCUT2D eigenvalue weighted by atomic mass is 9.99. The van der Waals surface area contributed by atoms with Gasteiger partial charge in [-0.3, -0.25) is 9.78 Å². The number of hydrogen-bond donors (Lipinski definition) is 0. The topological polar surface area (TPSA) is 39.2 Å². The van der Waals surface area contributed by atoms with Gasteiger partial charge >= 0.3 is 0 Å². The van der Waals surface area contributed by atoms with Crippen molar-refractivity contribution in [1.82, 2.24) is 4.98 Å². The monoisotopic (exact) mass is 241 g/mol. The summed E-state index contributed by atoms with van der Waals surface area (Å²) in [6.45, 7) is 3.82. The van der Waals surface area contributed by atoms with Crippen LogP contribution < -0.4 is 4.74 Å². The van der Waals surface area contributed by atoms with E-state index in [2.05, 4.69) is 4.98 Å². The molecule has 0 N–H and O–H groups in total. The van der Waals surface area contributed by atoms with Crippen molar-refractivity contribution in [2.24, 2.45) is 0 Å². The smallest absolute Gasteiger partial charge is 0.194 e. The minimum absolute atomic E-state index is 0.00801. The third kappa shape index (κ3) is 2.40. The summed E-state index contributed by atoms with van der Waals surface area (Å²) in [7, 11) is 1.61. The van der Waals surface area contributed by atoms with Gasteiger partial charge in [-0.05, 0) is 49.2 Å². The van der Waals surface area contributed by atoms with Crippen molar-refractivity contribution in [1.29, 1.82) is 0 Å². The minimum atomic E-state index is -0.00801. The molecule has 0 aliphatic carbocycles. The minimum Gasteiger partial charge on any atom is -0.497 e. The molecule has 0 amide bonds. The molecule has 0 radical (unpaired) electrons. The molecule has 92 valence electrons. The van der Waals surface area contributed by atoms with Gasteiger partial charge in [0.2, 0.25) is 0 Å². The first-order valence-corrected chi connectivity index (χ1v) is 5.73. The molecule has 0 fully saturated rings. The molecule has 0 unspecified atom stereocenters. The maximum Gasteiger partial charge on any atom is 0.194 e. The van der Waals surface area contributed by atoms with E-state index < -0.39 is 0 Å². The molecule has 2 rings (SSSR count). The second kappa shape index (κ2) is 5.00. The lowest BCUT2D eigenvalue weighted by Gasteiger charge is -2.07. The van der Waals surface area contributed by atoms with Crippen molar-refractivity contribution < 1.29 is 9.53 Å². The highest BCUT2D eigenvalue weighted by atomic mass is 16.5. The van der Waals surface area contributed by atoms with Gasteiger partial charge in [-0.1, -0.05) is 0 Å². The molecule has 3 nitrogen and oxygen atoms in total. The SMILES string of the molecule is COc1ccc(C(=O)c2cncc(C)c2)c(C)c1. The first-order valence-electron chi connectivity index (χ1n) is 5.73. The average Bonchev–Trinajstić information content (AvgIpc) is 2.37. The number of methoxy groups -OCH3 is 1. The molecule has 0 atom stereocenters. The zero-order valence-corrected chi connectivity index (χ0v) is 10.7. The van der Waals surface area contributed by atoms with Crippen LogP contribution in [0.25, 0.3) is 0 Å². The molecule has 18 heavy (non-hydrogen) atoms. The van der Waals surface area contributed by atoms with Crippen LogP contribution in [0.5, 0.6) is 5.75 Å². The highest BCUT2D eigenvalue weighted by Crippen LogP contribution is 2.19. The predicted octanol–water partition coefficient (Wildman–Crippen LogP) is 2.94. The van der Waals surface area contributed by atoms with Crippen LogP contribution in [0.4, 0.5) is 0 Å². The summed E-state index contributed by atoms with van der Waals surface area (Å²) in [5, 5.41) is 0. The molecule has 3 heteroatoms. The fourth-order valence-electron chi connectivity index (χ4n) is 1.85. The molecule has 2 aromatic rings. The Bertz CT molecular complexity index is 591. The molecule has 0 bridgehead atoms. The van der Waals surface area contributed by atoms with Crippen LogP contribution in [-0.4, -0.2) is 17.9 Å². The van der Waals surface area contributed by atoms with Crippen molar-refractivity contribution in [2.45, 2.75) is 13.8 Å². The van der Waals surface area contributed by atoms with E-state index in [1.165, 1.54) is 0 Å². The average molecular weight is 241 g/mol. The number of aromatic nitrogens is 1. The van der Waals surface area contributed by atoms with Crippen LogP contribution in [-0.2, 0) is 0 Å². The Kier molecular flexibility index (Phi) is 3.42. The van der Waals surface area contributed by atoms with E-state index in [9.17, 15) is 4.79 Å². The van der Waals surface area contributed by atoms with Gasteiger partial charge in [0, 0.05) is 23.5 Å². The number of carbonyl (C=O) groups excluding carboxylic acids is 1. The van der Waals surface area contributed by atoms with Crippen molar-refractivity contribution in [2.75, 3.05) is 7.11 Å². The molecular weight excluding hydrogens is 226 g/mol. The fraction of sp³-hybridized carbons (Fsp3) is 0.200. The fourth-order valence-corrected chi connectivity index (χ4v) is 1.85. The van der Waals surface area contributed by atoms with Gasteiger partial charge in [-0.25, -0.2) is 0 Å². The van der Waals surface area contributed by atoms with Crippen molar-refractivity contribution >= 4 is 5.78 Å². The van der Waals surface area contributed by atoms with Crippen LogP contribution >= 0.6 is 0 Å². The molecule has 1 aromatic heterocycles. The normalized spacial score (nSPS) is 10.2. The van der Waals surface area contributed by atoms with Gasteiger partial charge in [-0.2, -0.15) is 0 Å². The van der Waals surface area contributed by atoms with E-state index >= 15 is 0 Å². The first-order chi connectivity index (χ1) is 8.61. The highest BCUT2D eigenvalue weighted by molar-refractivity contribution is 6.09. The van der Waals surface area contributed by atoms with E-state index in [1.807, 2.05) is 26.0 Å². The Morgan fingerprint density at radius 1 is 1.17 bits per heavy atom. The highest BCUT2D eigenvalue weighted by Gasteiger charge is 2.12. The number of nitrogens with zero attached hydrogens (tertiary/aromatic N) is 1. The quantitative estimate of drug-likeness (QED) is 0.775. The number of hydrogen-bond acceptors (Lipinski definition) is 3. The second-order valence-corrected chi connectivity index (χ2v) is 4.26. The maximum atomic E-state index is 12.3. The Balaban J connectivity index is 2.40. The van der Waals surface area contributed by atoms with E-state index in [1.54, 1.807) is 31.6 Å². The largest absolute Gasteiger partial charge is 0.497 e. The van der Waals surface area contributed by atoms with Crippen LogP contribution in [0.3, 0.4) is 0 Å². The van der Waals surface area contributed by atoms with Crippen LogP contribution in [0.15, 0.2) is 36.7 Å². The Labute approximate surface area is 106 Å². The van der Waals surface area contributed by atoms with Crippen LogP contribution in [0.1, 0.15) is 27.0 Å². The van der Waals surface area contributed by atoms with E-state index in [0.29, 0.717) is 11.1 Å². The summed E-state index contributed by atoms with van der Waals surface area (Å²) >= 11 is 0. The predicted molar refractivity (Wildman–Crippen MR) is 70.1 cm³/mol. The number of rotatable bonds is 3. The van der Waals surface area contributed by atoms with Crippen molar-refractivity contribution in [3.05, 3.63) is 58.9 Å². The van der Waals surface area contributed by atoms with Gasteiger partial charge < -0.3 is 4.74 Å². The summed E-state index contributed by atoms with van der Waals surface area (Å²) in [6.07, 6.45) is 3.33. The molecule has 0 saturated heterocycles. The van der Waals surface area contributed by atoms with Gasteiger partial charge in [-0.15, -0.1) is 0 Å². The summed E-state index contributed by atoms with van der Waals surface area (Å²) in [5.41, 5.74) is 3.18. The molecule has 0 aliphatic heterocycles. The molecule has 0 saturated carbocycles. The Morgan fingerprint density at radius 2 is 1.94 bits per heavy atom. The first kappa shape index (κ1) is 12.3. The molecule has 0 aliphatic rings. The number of ketones is 1. The lowest BCUT2D eigenvalue weighted by Crippen LogP contribution is -2.04. The van der Waals surface area contributed by atoms with Gasteiger partial charge in [0.1, 0.15) is 5.75 Å². The standard InChI is InChI=1S/C15H15NO2/c1-10-6-12(9-16-8-10)15(17)14-5-4-13(18-3)7-11(14)2/h4-9H,1-3H3. The zero-order valence-electron chi connectivity index (χ0n) is 10.7. The lowest BCUT2D eigenvalue weighted by molar-refractivity contribution is 0.103. The second-order valence-electron chi connectivity index (χ2n) is 4.26. The van der Waals surface area contributed by atoms with E-state index in [4.69, 9.17) is 4.74 Å². The van der Waals surface area contributed by atoms with Crippen LogP contribution in [0, 0.1) is 13.8 Å². The Morgan fingerprint density at radius 3 is 2.56 bits per heavy atom. The van der Waals surface area contributed by atoms with Gasteiger partial charge in [0.05, 0.1) is 7.11 Å². The maximum absolute atomic E-state index is 12.3. The van der Waals surface area contributed by atoms with E-state index in [0.717, 1.165) is 16.9 Å². The number of aryl methyl sites for hydroxylation is 2. The number of pyridine rings is 1. The zero-order chi connectivity index (χ0) is 13.1. The van der Waals surface area contributed by atoms with Crippen molar-refractivity contribution in [3.63, 3.8) is 0 Å². The van der Waals surface area contributed by atoms with Crippen LogP contribution in [0.2, 0.25) is 0 Å². The molecule has 0 spiro atoms. The summed E-state index contributed by atoms with van der Waals surface area (Å²) < 4.78 is 5.13. The Hall–Kier alpha value is -2.16. The van der Waals surface area contributed by atoms with E-state index in [-0.39, 0.29) is 5.78 Å². The number of benzene rings is 1. The number of carbonyl (C=O) groups is 1. The van der Waals surface area contributed by atoms with Gasteiger partial charge in [0.15, 0.2) is 5.78 Å². The third-order valence-corrected chi connectivity index (χ3v) is 2.82. The molecule has 1 aromatic carbocycles. The molecule has 1 heterocycles. The summed E-state index contributed by atoms with van der Waals surface area (Å²) in [4.78, 5) is 16.4.